The molecule has 0 fully saturated rings. The number of nitrogens with zero attached hydrogens (tertiary/aromatic N) is 1. The van der Waals surface area contributed by atoms with Gasteiger partial charge in [0, 0.05) is 17.7 Å². The van der Waals surface area contributed by atoms with Crippen molar-refractivity contribution in [1.29, 1.82) is 0 Å². The Morgan fingerprint density at radius 3 is 2.36 bits per heavy atom. The average Bonchev–Trinajstić information content (AvgIpc) is 2.68. The van der Waals surface area contributed by atoms with E-state index in [2.05, 4.69) is 4.98 Å². The van der Waals surface area contributed by atoms with Gasteiger partial charge in [0.25, 0.3) is 5.91 Å². The first-order valence-corrected chi connectivity index (χ1v) is 8.23. The van der Waals surface area contributed by atoms with Crippen LogP contribution in [0.2, 0.25) is 0 Å². The largest absolute Gasteiger partial charge is 0.457 e. The molecule has 0 aliphatic rings. The SMILES string of the molecule is NCc1cc(C(F)(F)F)ccc1Oc1ccc(-c2cccc(C(N)=O)n2)cc1. The van der Waals surface area contributed by atoms with Crippen molar-refractivity contribution in [3.8, 4) is 22.8 Å². The number of ether oxygens (including phenoxy) is 1. The van der Waals surface area contributed by atoms with Gasteiger partial charge in [-0.2, -0.15) is 13.2 Å². The van der Waals surface area contributed by atoms with Crippen LogP contribution in [0.4, 0.5) is 13.2 Å². The molecule has 0 unspecified atom stereocenters. The maximum atomic E-state index is 12.8. The number of aromatic nitrogens is 1. The molecule has 28 heavy (non-hydrogen) atoms. The van der Waals surface area contributed by atoms with Gasteiger partial charge in [0.1, 0.15) is 17.2 Å². The van der Waals surface area contributed by atoms with E-state index in [1.54, 1.807) is 36.4 Å². The number of carbonyl (C=O) groups excluding carboxylic acids is 1. The van der Waals surface area contributed by atoms with Gasteiger partial charge in [0.15, 0.2) is 0 Å². The van der Waals surface area contributed by atoms with Crippen molar-refractivity contribution in [3.63, 3.8) is 0 Å². The molecule has 3 rings (SSSR count). The van der Waals surface area contributed by atoms with Crippen molar-refractivity contribution in [2.24, 2.45) is 11.5 Å². The number of alkyl halides is 3. The third kappa shape index (κ3) is 4.29. The minimum absolute atomic E-state index is 0.0961. The second-order valence-electron chi connectivity index (χ2n) is 5.92. The molecular weight excluding hydrogens is 371 g/mol. The summed E-state index contributed by atoms with van der Waals surface area (Å²) in [5, 5.41) is 0. The molecule has 0 aliphatic heterocycles. The van der Waals surface area contributed by atoms with E-state index in [1.807, 2.05) is 0 Å². The highest BCUT2D eigenvalue weighted by Gasteiger charge is 2.31. The lowest BCUT2D eigenvalue weighted by atomic mass is 10.1. The second kappa shape index (κ2) is 7.69. The van der Waals surface area contributed by atoms with Crippen LogP contribution in [0.3, 0.4) is 0 Å². The summed E-state index contributed by atoms with van der Waals surface area (Å²) < 4.78 is 44.2. The van der Waals surface area contributed by atoms with Crippen molar-refractivity contribution in [1.82, 2.24) is 4.98 Å². The van der Waals surface area contributed by atoms with Crippen molar-refractivity contribution >= 4 is 5.91 Å². The molecule has 0 radical (unpaired) electrons. The summed E-state index contributed by atoms with van der Waals surface area (Å²) in [4.78, 5) is 15.4. The molecule has 0 bridgehead atoms. The van der Waals surface area contributed by atoms with E-state index < -0.39 is 17.6 Å². The standard InChI is InChI=1S/C20H16F3N3O2/c21-20(22,23)14-6-9-18(13(10-14)11-24)28-15-7-4-12(5-8-15)16-2-1-3-17(26-16)19(25)27/h1-10H,11,24H2,(H2,25,27). The van der Waals surface area contributed by atoms with Crippen LogP contribution >= 0.6 is 0 Å². The first-order valence-electron chi connectivity index (χ1n) is 8.23. The lowest BCUT2D eigenvalue weighted by molar-refractivity contribution is -0.137. The third-order valence-corrected chi connectivity index (χ3v) is 3.99. The maximum Gasteiger partial charge on any atom is 0.416 e. The van der Waals surface area contributed by atoms with Crippen molar-refractivity contribution < 1.29 is 22.7 Å². The lowest BCUT2D eigenvalue weighted by Gasteiger charge is -2.13. The van der Waals surface area contributed by atoms with Crippen molar-refractivity contribution in [2.45, 2.75) is 12.7 Å². The number of halogens is 3. The first-order chi connectivity index (χ1) is 13.3. The third-order valence-electron chi connectivity index (χ3n) is 3.99. The highest BCUT2D eigenvalue weighted by molar-refractivity contribution is 5.91. The minimum atomic E-state index is -4.45. The highest BCUT2D eigenvalue weighted by atomic mass is 19.4. The van der Waals surface area contributed by atoms with E-state index in [9.17, 15) is 18.0 Å². The normalized spacial score (nSPS) is 11.3. The van der Waals surface area contributed by atoms with Crippen LogP contribution in [0.5, 0.6) is 11.5 Å². The van der Waals surface area contributed by atoms with Gasteiger partial charge in [0.2, 0.25) is 0 Å². The van der Waals surface area contributed by atoms with E-state index in [1.165, 1.54) is 12.1 Å². The van der Waals surface area contributed by atoms with Crippen LogP contribution in [0.15, 0.2) is 60.7 Å². The van der Waals surface area contributed by atoms with Gasteiger partial charge in [-0.25, -0.2) is 4.98 Å². The summed E-state index contributed by atoms with van der Waals surface area (Å²) in [6.07, 6.45) is -4.45. The summed E-state index contributed by atoms with van der Waals surface area (Å²) in [6, 6.07) is 14.8. The number of rotatable bonds is 5. The Morgan fingerprint density at radius 1 is 1.04 bits per heavy atom. The van der Waals surface area contributed by atoms with Gasteiger partial charge in [-0.3, -0.25) is 4.79 Å². The molecule has 0 aliphatic carbocycles. The van der Waals surface area contributed by atoms with Crippen LogP contribution < -0.4 is 16.2 Å². The zero-order chi connectivity index (χ0) is 20.3. The number of amides is 1. The van der Waals surface area contributed by atoms with Crippen LogP contribution in [0, 0.1) is 0 Å². The van der Waals surface area contributed by atoms with E-state index in [0.717, 1.165) is 17.7 Å². The summed E-state index contributed by atoms with van der Waals surface area (Å²) >= 11 is 0. The molecule has 1 heterocycles. The fourth-order valence-electron chi connectivity index (χ4n) is 2.57. The van der Waals surface area contributed by atoms with Gasteiger partial charge in [-0.15, -0.1) is 0 Å². The molecule has 1 amide bonds. The Bertz CT molecular complexity index is 1000. The maximum absolute atomic E-state index is 12.8. The minimum Gasteiger partial charge on any atom is -0.457 e. The monoisotopic (exact) mass is 387 g/mol. The molecule has 0 spiro atoms. The number of carbonyl (C=O) groups is 1. The van der Waals surface area contributed by atoms with Gasteiger partial charge >= 0.3 is 6.18 Å². The fourth-order valence-corrected chi connectivity index (χ4v) is 2.57. The van der Waals surface area contributed by atoms with Crippen molar-refractivity contribution in [2.75, 3.05) is 0 Å². The molecule has 1 aromatic heterocycles. The van der Waals surface area contributed by atoms with E-state index in [4.69, 9.17) is 16.2 Å². The summed E-state index contributed by atoms with van der Waals surface area (Å²) in [7, 11) is 0. The van der Waals surface area contributed by atoms with Gasteiger partial charge in [-0.1, -0.05) is 6.07 Å². The molecule has 8 heteroatoms. The van der Waals surface area contributed by atoms with Crippen LogP contribution in [-0.4, -0.2) is 10.9 Å². The van der Waals surface area contributed by atoms with Crippen LogP contribution in [0.1, 0.15) is 21.6 Å². The summed E-state index contributed by atoms with van der Waals surface area (Å²) in [5.74, 6) is 0.0415. The van der Waals surface area contributed by atoms with E-state index in [-0.39, 0.29) is 23.6 Å². The topological polar surface area (TPSA) is 91.2 Å². The van der Waals surface area contributed by atoms with Crippen LogP contribution in [0.25, 0.3) is 11.3 Å². The summed E-state index contributed by atoms with van der Waals surface area (Å²) in [6.45, 7) is -0.0961. The Labute approximate surface area is 158 Å². The molecule has 0 saturated carbocycles. The zero-order valence-corrected chi connectivity index (χ0v) is 14.5. The second-order valence-corrected chi connectivity index (χ2v) is 5.92. The molecule has 144 valence electrons. The van der Waals surface area contributed by atoms with Crippen LogP contribution in [-0.2, 0) is 12.7 Å². The van der Waals surface area contributed by atoms with Gasteiger partial charge in [-0.05, 0) is 54.6 Å². The molecule has 0 atom stereocenters. The van der Waals surface area contributed by atoms with E-state index >= 15 is 0 Å². The number of primary amides is 1. The molecule has 5 nitrogen and oxygen atoms in total. The molecule has 4 N–H and O–H groups in total. The Kier molecular flexibility index (Phi) is 5.32. The van der Waals surface area contributed by atoms with E-state index in [0.29, 0.717) is 11.4 Å². The first kappa shape index (κ1) is 19.4. The predicted octanol–water partition coefficient (Wildman–Crippen LogP) is 4.12. The number of hydrogen-bond acceptors (Lipinski definition) is 4. The predicted molar refractivity (Wildman–Crippen MR) is 97.6 cm³/mol. The Hall–Kier alpha value is -3.39. The highest BCUT2D eigenvalue weighted by Crippen LogP contribution is 2.34. The average molecular weight is 387 g/mol. The number of benzene rings is 2. The zero-order valence-electron chi connectivity index (χ0n) is 14.5. The fraction of sp³-hybridized carbons (Fsp3) is 0.100. The lowest BCUT2D eigenvalue weighted by Crippen LogP contribution is -2.12. The molecule has 3 aromatic rings. The van der Waals surface area contributed by atoms with Crippen molar-refractivity contribution in [3.05, 3.63) is 77.5 Å². The smallest absolute Gasteiger partial charge is 0.416 e. The van der Waals surface area contributed by atoms with Gasteiger partial charge in [0.05, 0.1) is 11.3 Å². The molecule has 2 aromatic carbocycles. The van der Waals surface area contributed by atoms with Gasteiger partial charge < -0.3 is 16.2 Å². The molecular formula is C20H16F3N3O2. The Morgan fingerprint density at radius 2 is 1.75 bits per heavy atom. The quantitative estimate of drug-likeness (QED) is 0.689. The number of hydrogen-bond donors (Lipinski definition) is 2. The number of pyridine rings is 1. The Balaban J connectivity index is 1.83. The summed E-state index contributed by atoms with van der Waals surface area (Å²) in [5.41, 5.74) is 11.7. The molecule has 0 saturated heterocycles. The number of nitrogens with two attached hydrogens (primary N) is 2.